The van der Waals surface area contributed by atoms with Crippen molar-refractivity contribution in [1.82, 2.24) is 0 Å². The second-order valence-corrected chi connectivity index (χ2v) is 2.86. The number of rotatable bonds is 0. The van der Waals surface area contributed by atoms with Crippen LogP contribution in [0.2, 0.25) is 0 Å². The van der Waals surface area contributed by atoms with E-state index in [-0.39, 0.29) is 0 Å². The summed E-state index contributed by atoms with van der Waals surface area (Å²) in [4.78, 5) is 0. The standard InChI is InChI=1S/C6H8NO/c1-4-2-7-3-8-5(1)6(4)7/h4-5H,1-3H2/q+1. The van der Waals surface area contributed by atoms with Crippen LogP contribution in [0.3, 0.4) is 0 Å². The summed E-state index contributed by atoms with van der Waals surface area (Å²) in [6.45, 7) is 2.17. The molecule has 0 aromatic heterocycles. The van der Waals surface area contributed by atoms with Gasteiger partial charge in [0.15, 0.2) is 12.3 Å². The Kier molecular flexibility index (Phi) is 0.389. The number of hydrogen-bond acceptors (Lipinski definition) is 1. The van der Waals surface area contributed by atoms with Crippen molar-refractivity contribution in [3.8, 4) is 0 Å². The number of hydrogen-bond donors (Lipinski definition) is 0. The SMILES string of the molecule is C1C2C[N+]3=C2C1OC3. The molecule has 2 atom stereocenters. The predicted molar refractivity (Wildman–Crippen MR) is 28.0 cm³/mol. The van der Waals surface area contributed by atoms with Crippen LogP contribution in [0.25, 0.3) is 0 Å². The maximum absolute atomic E-state index is 5.39. The molecule has 8 heavy (non-hydrogen) atoms. The summed E-state index contributed by atoms with van der Waals surface area (Å²) in [7, 11) is 0. The summed E-state index contributed by atoms with van der Waals surface area (Å²) >= 11 is 0. The maximum atomic E-state index is 5.39. The molecule has 2 heterocycles. The molecule has 1 aliphatic carbocycles. The Bertz CT molecular complexity index is 181. The van der Waals surface area contributed by atoms with E-state index in [0.29, 0.717) is 6.10 Å². The Morgan fingerprint density at radius 3 is 3.25 bits per heavy atom. The maximum Gasteiger partial charge on any atom is 0.248 e. The number of nitrogens with zero attached hydrogens (tertiary/aromatic N) is 1. The van der Waals surface area contributed by atoms with Gasteiger partial charge in [-0.3, -0.25) is 0 Å². The summed E-state index contributed by atoms with van der Waals surface area (Å²) in [5.74, 6) is 0.947. The molecule has 2 unspecified atom stereocenters. The second kappa shape index (κ2) is 0.860. The first-order chi connectivity index (χ1) is 3.95. The van der Waals surface area contributed by atoms with Crippen molar-refractivity contribution in [2.24, 2.45) is 5.92 Å². The summed E-state index contributed by atoms with van der Waals surface area (Å²) in [5, 5.41) is 0. The van der Waals surface area contributed by atoms with Crippen LogP contribution in [0.5, 0.6) is 0 Å². The fourth-order valence-electron chi connectivity index (χ4n) is 1.95. The van der Waals surface area contributed by atoms with Gasteiger partial charge in [-0.1, -0.05) is 0 Å². The highest BCUT2D eigenvalue weighted by Crippen LogP contribution is 2.37. The predicted octanol–water partition coefficient (Wildman–Crippen LogP) is -0.170. The average molecular weight is 110 g/mol. The first-order valence-corrected chi connectivity index (χ1v) is 3.18. The van der Waals surface area contributed by atoms with E-state index in [0.717, 1.165) is 12.6 Å². The van der Waals surface area contributed by atoms with E-state index in [1.807, 2.05) is 0 Å². The highest BCUT2D eigenvalue weighted by Gasteiger charge is 2.58. The van der Waals surface area contributed by atoms with Gasteiger partial charge >= 0.3 is 0 Å². The van der Waals surface area contributed by atoms with Crippen LogP contribution in [-0.4, -0.2) is 29.7 Å². The van der Waals surface area contributed by atoms with Gasteiger partial charge in [0.2, 0.25) is 6.73 Å². The molecule has 0 bridgehead atoms. The zero-order valence-electron chi connectivity index (χ0n) is 4.63. The molecule has 0 spiro atoms. The summed E-state index contributed by atoms with van der Waals surface area (Å²) in [6, 6.07) is 0. The number of ether oxygens (including phenoxy) is 1. The van der Waals surface area contributed by atoms with Crippen molar-refractivity contribution in [1.29, 1.82) is 0 Å². The molecule has 0 amide bonds. The largest absolute Gasteiger partial charge is 0.309 e. The Hall–Kier alpha value is -0.370. The lowest BCUT2D eigenvalue weighted by Gasteiger charge is -2.32. The molecule has 42 valence electrons. The Morgan fingerprint density at radius 1 is 1.62 bits per heavy atom. The molecular formula is C6H8NO+. The molecule has 3 rings (SSSR count). The van der Waals surface area contributed by atoms with Gasteiger partial charge in [-0.25, -0.2) is 4.58 Å². The molecule has 0 saturated heterocycles. The van der Waals surface area contributed by atoms with E-state index in [2.05, 4.69) is 4.58 Å². The second-order valence-electron chi connectivity index (χ2n) is 2.86. The van der Waals surface area contributed by atoms with Gasteiger partial charge in [-0.05, 0) is 0 Å². The summed E-state index contributed by atoms with van der Waals surface area (Å²) < 4.78 is 7.74. The van der Waals surface area contributed by atoms with Gasteiger partial charge in [0, 0.05) is 6.42 Å². The minimum absolute atomic E-state index is 0.564. The zero-order chi connectivity index (χ0) is 5.14. The molecule has 0 radical (unpaired) electrons. The minimum Gasteiger partial charge on any atom is -0.309 e. The molecule has 0 aromatic rings. The summed E-state index contributed by atoms with van der Waals surface area (Å²) in [6.07, 6.45) is 1.87. The minimum atomic E-state index is 0.564. The van der Waals surface area contributed by atoms with Crippen LogP contribution in [0.4, 0.5) is 0 Å². The van der Waals surface area contributed by atoms with Crippen LogP contribution >= 0.6 is 0 Å². The Morgan fingerprint density at radius 2 is 2.62 bits per heavy atom. The third-order valence-corrected chi connectivity index (χ3v) is 2.48. The third-order valence-electron chi connectivity index (χ3n) is 2.48. The van der Waals surface area contributed by atoms with Gasteiger partial charge in [0.25, 0.3) is 0 Å². The van der Waals surface area contributed by atoms with Crippen molar-refractivity contribution in [3.63, 3.8) is 0 Å². The molecule has 0 aromatic carbocycles. The van der Waals surface area contributed by atoms with Gasteiger partial charge in [0.05, 0.1) is 0 Å². The van der Waals surface area contributed by atoms with Crippen molar-refractivity contribution < 1.29 is 9.31 Å². The zero-order valence-corrected chi connectivity index (χ0v) is 4.63. The van der Waals surface area contributed by atoms with Crippen LogP contribution in [0.1, 0.15) is 6.42 Å². The third kappa shape index (κ3) is 0.199. The van der Waals surface area contributed by atoms with E-state index in [1.165, 1.54) is 13.0 Å². The van der Waals surface area contributed by atoms with E-state index < -0.39 is 0 Å². The fourth-order valence-corrected chi connectivity index (χ4v) is 1.95. The normalized spacial score (nSPS) is 48.0. The molecule has 1 fully saturated rings. The molecule has 3 aliphatic rings. The van der Waals surface area contributed by atoms with Crippen LogP contribution in [-0.2, 0) is 4.74 Å². The van der Waals surface area contributed by atoms with Crippen molar-refractivity contribution in [2.45, 2.75) is 12.5 Å². The van der Waals surface area contributed by atoms with E-state index >= 15 is 0 Å². The van der Waals surface area contributed by atoms with E-state index in [9.17, 15) is 0 Å². The van der Waals surface area contributed by atoms with Gasteiger partial charge in [-0.2, -0.15) is 0 Å². The smallest absolute Gasteiger partial charge is 0.248 e. The van der Waals surface area contributed by atoms with Gasteiger partial charge in [-0.15, -0.1) is 0 Å². The topological polar surface area (TPSA) is 12.2 Å². The quantitative estimate of drug-likeness (QED) is 0.394. The lowest BCUT2D eigenvalue weighted by atomic mass is 9.75. The first-order valence-electron chi connectivity index (χ1n) is 3.18. The van der Waals surface area contributed by atoms with Crippen LogP contribution < -0.4 is 0 Å². The lowest BCUT2D eigenvalue weighted by Crippen LogP contribution is -2.54. The molecule has 2 nitrogen and oxygen atoms in total. The van der Waals surface area contributed by atoms with Gasteiger partial charge < -0.3 is 4.74 Å². The molecule has 2 heteroatoms. The molecule has 0 N–H and O–H groups in total. The van der Waals surface area contributed by atoms with Gasteiger partial charge in [0.1, 0.15) is 12.0 Å². The van der Waals surface area contributed by atoms with Crippen molar-refractivity contribution >= 4 is 5.71 Å². The Balaban J connectivity index is 2.16. The molecule has 2 aliphatic heterocycles. The first kappa shape index (κ1) is 3.62. The van der Waals surface area contributed by atoms with Crippen LogP contribution in [0, 0.1) is 5.92 Å². The lowest BCUT2D eigenvalue weighted by molar-refractivity contribution is -0.577. The fraction of sp³-hybridized carbons (Fsp3) is 0.833. The van der Waals surface area contributed by atoms with Crippen molar-refractivity contribution in [2.75, 3.05) is 13.3 Å². The van der Waals surface area contributed by atoms with Crippen LogP contribution in [0.15, 0.2) is 0 Å². The van der Waals surface area contributed by atoms with Crippen molar-refractivity contribution in [3.05, 3.63) is 0 Å². The summed E-state index contributed by atoms with van der Waals surface area (Å²) in [5.41, 5.74) is 1.60. The Labute approximate surface area is 47.8 Å². The molecular weight excluding hydrogens is 102 g/mol. The molecule has 1 saturated carbocycles. The van der Waals surface area contributed by atoms with E-state index in [4.69, 9.17) is 4.74 Å². The highest BCUT2D eigenvalue weighted by molar-refractivity contribution is 5.95. The average Bonchev–Trinajstić information content (AvgIpc) is 2.02. The van der Waals surface area contributed by atoms with E-state index in [1.54, 1.807) is 5.71 Å². The monoisotopic (exact) mass is 110 g/mol. The highest BCUT2D eigenvalue weighted by atomic mass is 16.5.